The van der Waals surface area contributed by atoms with Gasteiger partial charge in [0.15, 0.2) is 26.9 Å². The largest absolute Gasteiger partial charge is 0.493 e. The summed E-state index contributed by atoms with van der Waals surface area (Å²) >= 11 is 0. The maximum absolute atomic E-state index is 13.5. The van der Waals surface area contributed by atoms with Crippen molar-refractivity contribution in [2.24, 2.45) is 0 Å². The van der Waals surface area contributed by atoms with E-state index in [0.717, 1.165) is 11.8 Å². The Hall–Kier alpha value is -2.78. The molecule has 0 aromatic heterocycles. The van der Waals surface area contributed by atoms with E-state index in [9.17, 15) is 13.2 Å². The van der Waals surface area contributed by atoms with E-state index in [1.54, 1.807) is 41.3 Å². The lowest BCUT2D eigenvalue weighted by Gasteiger charge is -2.28. The van der Waals surface area contributed by atoms with E-state index in [4.69, 9.17) is 18.9 Å². The Balaban J connectivity index is 1.92. The minimum Gasteiger partial charge on any atom is -0.493 e. The van der Waals surface area contributed by atoms with Crippen molar-refractivity contribution in [3.05, 3.63) is 53.6 Å². The third-order valence-corrected chi connectivity index (χ3v) is 5.77. The predicted molar refractivity (Wildman–Crippen MR) is 115 cm³/mol. The number of hydrogen-bond donors (Lipinski definition) is 0. The maximum atomic E-state index is 13.5. The molecule has 9 heteroatoms. The molecule has 1 heterocycles. The van der Waals surface area contributed by atoms with E-state index in [1.807, 2.05) is 6.07 Å². The number of hydrogen-bond acceptors (Lipinski definition) is 7. The Bertz CT molecular complexity index is 1010. The molecule has 2 aromatic rings. The number of ether oxygens (including phenoxy) is 4. The van der Waals surface area contributed by atoms with Crippen molar-refractivity contribution < 1.29 is 32.2 Å². The molecule has 2 aromatic carbocycles. The number of amides is 1. The molecular formula is C22H27NO7S. The zero-order chi connectivity index (χ0) is 22.6. The van der Waals surface area contributed by atoms with Crippen molar-refractivity contribution in [2.45, 2.75) is 18.6 Å². The molecule has 1 fully saturated rings. The molecule has 0 N–H and O–H groups in total. The number of benzene rings is 2. The monoisotopic (exact) mass is 449 g/mol. The molecule has 1 aliphatic heterocycles. The number of nitrogens with zero attached hydrogens (tertiary/aromatic N) is 1. The van der Waals surface area contributed by atoms with E-state index in [-0.39, 0.29) is 12.5 Å². The lowest BCUT2D eigenvalue weighted by atomic mass is 9.92. The van der Waals surface area contributed by atoms with Gasteiger partial charge in [0.1, 0.15) is 5.94 Å². The molecule has 0 bridgehead atoms. The first-order valence-corrected chi connectivity index (χ1v) is 11.8. The zero-order valence-electron chi connectivity index (χ0n) is 18.1. The predicted octanol–water partition coefficient (Wildman–Crippen LogP) is 2.36. The summed E-state index contributed by atoms with van der Waals surface area (Å²) < 4.78 is 45.5. The van der Waals surface area contributed by atoms with Crippen LogP contribution in [-0.4, -0.2) is 59.3 Å². The Morgan fingerprint density at radius 2 is 1.61 bits per heavy atom. The van der Waals surface area contributed by atoms with Crippen LogP contribution >= 0.6 is 0 Å². The van der Waals surface area contributed by atoms with Gasteiger partial charge in [-0.3, -0.25) is 4.79 Å². The average Bonchev–Trinajstić information content (AvgIpc) is 3.08. The summed E-state index contributed by atoms with van der Waals surface area (Å²) in [6.45, 7) is 0.695. The van der Waals surface area contributed by atoms with Crippen LogP contribution in [0.15, 0.2) is 42.5 Å². The van der Waals surface area contributed by atoms with Crippen LogP contribution in [0.4, 0.5) is 0 Å². The second-order valence-electron chi connectivity index (χ2n) is 7.39. The summed E-state index contributed by atoms with van der Waals surface area (Å²) in [6.07, 6.45) is 1.43. The van der Waals surface area contributed by atoms with Crippen molar-refractivity contribution in [1.29, 1.82) is 0 Å². The summed E-state index contributed by atoms with van der Waals surface area (Å²) in [6, 6.07) is 12.6. The molecule has 0 radical (unpaired) electrons. The molecule has 8 nitrogen and oxygen atoms in total. The molecule has 0 aliphatic carbocycles. The van der Waals surface area contributed by atoms with E-state index >= 15 is 0 Å². The first kappa shape index (κ1) is 22.9. The highest BCUT2D eigenvalue weighted by atomic mass is 32.2. The standard InChI is InChI=1S/C22H27NO7S/c1-27-18-12-16(13-19(28-2)20(18)29-3)14-23-11-10-22(21(23)24,30-15-31(4,25)26)17-8-6-5-7-9-17/h5-9,12-13H,10-11,14-15H2,1-4H3. The molecule has 1 amide bonds. The highest BCUT2D eigenvalue weighted by Gasteiger charge is 2.49. The van der Waals surface area contributed by atoms with Gasteiger partial charge in [0, 0.05) is 25.8 Å². The van der Waals surface area contributed by atoms with E-state index in [0.29, 0.717) is 35.8 Å². The molecule has 1 atom stereocenters. The van der Waals surface area contributed by atoms with Crippen LogP contribution in [0.5, 0.6) is 17.2 Å². The van der Waals surface area contributed by atoms with Crippen LogP contribution in [0.3, 0.4) is 0 Å². The highest BCUT2D eigenvalue weighted by Crippen LogP contribution is 2.41. The summed E-state index contributed by atoms with van der Waals surface area (Å²) in [4.78, 5) is 15.1. The van der Waals surface area contributed by atoms with Crippen LogP contribution in [-0.2, 0) is 31.5 Å². The van der Waals surface area contributed by atoms with Gasteiger partial charge in [-0.2, -0.15) is 0 Å². The SMILES string of the molecule is COc1cc(CN2CCC(OCS(C)(=O)=O)(c3ccccc3)C2=O)cc(OC)c1OC. The molecular weight excluding hydrogens is 422 g/mol. The first-order chi connectivity index (χ1) is 14.7. The summed E-state index contributed by atoms with van der Waals surface area (Å²) in [5.74, 6) is 0.635. The third kappa shape index (κ3) is 4.77. The number of methoxy groups -OCH3 is 3. The van der Waals surface area contributed by atoms with E-state index in [1.165, 1.54) is 21.3 Å². The zero-order valence-corrected chi connectivity index (χ0v) is 18.9. The summed E-state index contributed by atoms with van der Waals surface area (Å²) in [7, 11) is 1.16. The highest BCUT2D eigenvalue weighted by molar-refractivity contribution is 7.90. The fourth-order valence-corrected chi connectivity index (χ4v) is 4.17. The number of likely N-dealkylation sites (tertiary alicyclic amines) is 1. The minimum absolute atomic E-state index is 0.281. The Morgan fingerprint density at radius 1 is 1.00 bits per heavy atom. The number of carbonyl (C=O) groups is 1. The topological polar surface area (TPSA) is 91.4 Å². The quantitative estimate of drug-likeness (QED) is 0.580. The van der Waals surface area contributed by atoms with Gasteiger partial charge in [0.2, 0.25) is 5.75 Å². The van der Waals surface area contributed by atoms with Gasteiger partial charge in [0.05, 0.1) is 21.3 Å². The third-order valence-electron chi connectivity index (χ3n) is 5.22. The van der Waals surface area contributed by atoms with E-state index < -0.39 is 21.4 Å². The Morgan fingerprint density at radius 3 is 2.13 bits per heavy atom. The molecule has 31 heavy (non-hydrogen) atoms. The van der Waals surface area contributed by atoms with Crippen molar-refractivity contribution in [3.8, 4) is 17.2 Å². The van der Waals surface area contributed by atoms with Crippen molar-refractivity contribution in [2.75, 3.05) is 40.1 Å². The van der Waals surface area contributed by atoms with Gasteiger partial charge in [-0.1, -0.05) is 30.3 Å². The van der Waals surface area contributed by atoms with Gasteiger partial charge in [-0.05, 0) is 23.3 Å². The fraction of sp³-hybridized carbons (Fsp3) is 0.409. The van der Waals surface area contributed by atoms with Gasteiger partial charge in [-0.15, -0.1) is 0 Å². The maximum Gasteiger partial charge on any atom is 0.259 e. The lowest BCUT2D eigenvalue weighted by molar-refractivity contribution is -0.149. The number of carbonyl (C=O) groups excluding carboxylic acids is 1. The lowest BCUT2D eigenvalue weighted by Crippen LogP contribution is -2.41. The van der Waals surface area contributed by atoms with Crippen molar-refractivity contribution in [1.82, 2.24) is 4.90 Å². The van der Waals surface area contributed by atoms with Crippen LogP contribution in [0, 0.1) is 0 Å². The molecule has 0 saturated carbocycles. The van der Waals surface area contributed by atoms with Crippen LogP contribution in [0.25, 0.3) is 0 Å². The molecule has 0 spiro atoms. The summed E-state index contributed by atoms with van der Waals surface area (Å²) in [5.41, 5.74) is 0.0798. The second-order valence-corrected chi connectivity index (χ2v) is 9.48. The smallest absolute Gasteiger partial charge is 0.259 e. The number of sulfone groups is 1. The van der Waals surface area contributed by atoms with Gasteiger partial charge < -0.3 is 23.8 Å². The van der Waals surface area contributed by atoms with Gasteiger partial charge >= 0.3 is 0 Å². The average molecular weight is 450 g/mol. The minimum atomic E-state index is -3.42. The number of rotatable bonds is 9. The van der Waals surface area contributed by atoms with Crippen molar-refractivity contribution >= 4 is 15.7 Å². The molecule has 3 rings (SSSR count). The first-order valence-electron chi connectivity index (χ1n) is 9.69. The Labute approximate surface area is 182 Å². The normalized spacial score (nSPS) is 18.8. The van der Waals surface area contributed by atoms with Crippen molar-refractivity contribution in [3.63, 3.8) is 0 Å². The molecule has 1 unspecified atom stereocenters. The Kier molecular flexibility index (Phi) is 6.76. The molecule has 168 valence electrons. The molecule has 1 aliphatic rings. The summed E-state index contributed by atoms with van der Waals surface area (Å²) in [5, 5.41) is 0. The van der Waals surface area contributed by atoms with Gasteiger partial charge in [-0.25, -0.2) is 8.42 Å². The van der Waals surface area contributed by atoms with Crippen LogP contribution < -0.4 is 14.2 Å². The van der Waals surface area contributed by atoms with Crippen LogP contribution in [0.1, 0.15) is 17.5 Å². The second kappa shape index (κ2) is 9.15. The molecule has 1 saturated heterocycles. The van der Waals surface area contributed by atoms with E-state index in [2.05, 4.69) is 0 Å². The van der Waals surface area contributed by atoms with Crippen LogP contribution in [0.2, 0.25) is 0 Å². The van der Waals surface area contributed by atoms with Gasteiger partial charge in [0.25, 0.3) is 5.91 Å². The fourth-order valence-electron chi connectivity index (χ4n) is 3.75.